The van der Waals surface area contributed by atoms with Crippen LogP contribution in [0.1, 0.15) is 13.8 Å². The van der Waals surface area contributed by atoms with Crippen LogP contribution < -0.4 is 0 Å². The van der Waals surface area contributed by atoms with Gasteiger partial charge in [0.15, 0.2) is 0 Å². The monoisotopic (exact) mass is 208 g/mol. The molecule has 0 saturated carbocycles. The average Bonchev–Trinajstić information content (AvgIpc) is 1.61. The van der Waals surface area contributed by atoms with Crippen molar-refractivity contribution in [3.05, 3.63) is 0 Å². The molecule has 11 heavy (non-hydrogen) atoms. The van der Waals surface area contributed by atoms with Crippen LogP contribution in [0.5, 0.6) is 0 Å². The summed E-state index contributed by atoms with van der Waals surface area (Å²) in [6.07, 6.45) is 0. The van der Waals surface area contributed by atoms with Crippen molar-refractivity contribution in [2.24, 2.45) is 0 Å². The van der Waals surface area contributed by atoms with Gasteiger partial charge in [-0.25, -0.2) is 0 Å². The third kappa shape index (κ3) is 6.90. The molecule has 72 valence electrons. The van der Waals surface area contributed by atoms with Crippen molar-refractivity contribution in [2.75, 3.05) is 13.2 Å². The molecule has 5 nitrogen and oxygen atoms in total. The van der Waals surface area contributed by atoms with Gasteiger partial charge in [0.1, 0.15) is 0 Å². The molecule has 0 fully saturated rings. The molecule has 0 spiro atoms. The quantitative estimate of drug-likeness (QED) is 0.589. The molecule has 0 amide bonds. The molecule has 0 aliphatic rings. The van der Waals surface area contributed by atoms with Gasteiger partial charge in [0.2, 0.25) is 0 Å². The Morgan fingerprint density at radius 2 is 1.27 bits per heavy atom. The van der Waals surface area contributed by atoms with Crippen molar-refractivity contribution < 1.29 is 23.7 Å². The Bertz CT molecular complexity index is 101. The predicted octanol–water partition coefficient (Wildman–Crippen LogP) is 0.586. The van der Waals surface area contributed by atoms with Crippen LogP contribution in [-0.2, 0) is 9.05 Å². The van der Waals surface area contributed by atoms with Gasteiger partial charge in [-0.3, -0.25) is 0 Å². The van der Waals surface area contributed by atoms with Crippen LogP contribution >= 0.6 is 20.1 Å². The molecule has 0 aromatic rings. The number of hydrogen-bond donors (Lipinski definition) is 3. The van der Waals surface area contributed by atoms with Crippen molar-refractivity contribution in [3.63, 3.8) is 0 Å². The minimum Gasteiger partial charge on any atom is -0.147 e. The summed E-state index contributed by atoms with van der Waals surface area (Å²) in [6, 6.07) is 0. The molecule has 0 bridgehead atoms. The van der Waals surface area contributed by atoms with Crippen molar-refractivity contribution in [2.45, 2.75) is 13.8 Å². The zero-order valence-corrected chi connectivity index (χ0v) is 8.14. The zero-order chi connectivity index (χ0) is 8.28. The van der Waals surface area contributed by atoms with Gasteiger partial charge in [-0.2, -0.15) is 0 Å². The molecule has 0 aliphatic heterocycles. The summed E-state index contributed by atoms with van der Waals surface area (Å²) in [6.45, 7) is 3.01. The van der Waals surface area contributed by atoms with Gasteiger partial charge >= 0.3 is 58.5 Å². The summed E-state index contributed by atoms with van der Waals surface area (Å²) in [4.78, 5) is 26.3. The summed E-state index contributed by atoms with van der Waals surface area (Å²) in [5.41, 5.74) is 0. The molecule has 0 aromatic carbocycles. The SMILES string of the molecule is CCOP(O)(O)(O)OCC.Cl. The van der Waals surface area contributed by atoms with E-state index in [2.05, 4.69) is 9.05 Å². The molecule has 0 rings (SSSR count). The van der Waals surface area contributed by atoms with Crippen LogP contribution in [0.3, 0.4) is 0 Å². The van der Waals surface area contributed by atoms with E-state index in [4.69, 9.17) is 14.7 Å². The number of hydrogen-bond acceptors (Lipinski definition) is 5. The van der Waals surface area contributed by atoms with E-state index in [1.165, 1.54) is 13.8 Å². The molecule has 0 heterocycles. The maximum atomic E-state index is 8.78. The van der Waals surface area contributed by atoms with E-state index in [1.54, 1.807) is 0 Å². The van der Waals surface area contributed by atoms with E-state index < -0.39 is 7.74 Å². The first-order valence-corrected chi connectivity index (χ1v) is 4.89. The first-order chi connectivity index (χ1) is 4.39. The topological polar surface area (TPSA) is 79.2 Å². The van der Waals surface area contributed by atoms with Crippen LogP contribution in [0.25, 0.3) is 0 Å². The normalized spacial score (nSPS) is 14.8. The van der Waals surface area contributed by atoms with Gasteiger partial charge in [-0.15, -0.1) is 12.4 Å². The fourth-order valence-electron chi connectivity index (χ4n) is 0.489. The Morgan fingerprint density at radius 3 is 1.45 bits per heavy atom. The van der Waals surface area contributed by atoms with Gasteiger partial charge in [-0.1, -0.05) is 0 Å². The molecule has 0 unspecified atom stereocenters. The largest absolute Gasteiger partial charge is 0.147 e. The summed E-state index contributed by atoms with van der Waals surface area (Å²) >= 11 is 0. The molecule has 0 aliphatic carbocycles. The van der Waals surface area contributed by atoms with E-state index in [0.717, 1.165) is 0 Å². The summed E-state index contributed by atoms with van der Waals surface area (Å²) < 4.78 is 8.46. The van der Waals surface area contributed by atoms with Crippen molar-refractivity contribution in [3.8, 4) is 0 Å². The van der Waals surface area contributed by atoms with Crippen LogP contribution in [0.2, 0.25) is 0 Å². The van der Waals surface area contributed by atoms with Gasteiger partial charge in [0.25, 0.3) is 0 Å². The fraction of sp³-hybridized carbons (Fsp3) is 1.00. The molecule has 0 radical (unpaired) electrons. The van der Waals surface area contributed by atoms with Crippen LogP contribution in [0, 0.1) is 0 Å². The van der Waals surface area contributed by atoms with Gasteiger partial charge in [0.05, 0.1) is 0 Å². The van der Waals surface area contributed by atoms with Crippen molar-refractivity contribution in [1.82, 2.24) is 0 Å². The predicted molar refractivity (Wildman–Crippen MR) is 44.1 cm³/mol. The van der Waals surface area contributed by atoms with E-state index in [1.807, 2.05) is 0 Å². The Hall–Kier alpha value is 0.520. The third-order valence-electron chi connectivity index (χ3n) is 0.710. The second-order valence-corrected chi connectivity index (χ2v) is 3.85. The Labute approximate surface area is 71.7 Å². The molecular weight excluding hydrogens is 194 g/mol. The van der Waals surface area contributed by atoms with E-state index in [0.29, 0.717) is 0 Å². The minimum atomic E-state index is -5.16. The van der Waals surface area contributed by atoms with E-state index in [-0.39, 0.29) is 25.6 Å². The molecule has 3 N–H and O–H groups in total. The number of halogens is 1. The van der Waals surface area contributed by atoms with Gasteiger partial charge < -0.3 is 0 Å². The third-order valence-corrected chi connectivity index (χ3v) is 2.13. The Morgan fingerprint density at radius 1 is 1.00 bits per heavy atom. The molecule has 0 atom stereocenters. The minimum absolute atomic E-state index is 0. The van der Waals surface area contributed by atoms with Gasteiger partial charge in [0, 0.05) is 0 Å². The summed E-state index contributed by atoms with van der Waals surface area (Å²) in [5.74, 6) is 0. The van der Waals surface area contributed by atoms with Crippen LogP contribution in [-0.4, -0.2) is 27.9 Å². The van der Waals surface area contributed by atoms with Crippen molar-refractivity contribution in [1.29, 1.82) is 0 Å². The standard InChI is InChI=1S/C4H13O5P.ClH/c1-3-8-10(5,6,7)9-4-2;/h5-7H,3-4H2,1-2H3;1H. The second-order valence-electron chi connectivity index (χ2n) is 1.67. The average molecular weight is 209 g/mol. The van der Waals surface area contributed by atoms with Crippen LogP contribution in [0.15, 0.2) is 0 Å². The Balaban J connectivity index is 0. The summed E-state index contributed by atoms with van der Waals surface area (Å²) in [5, 5.41) is 0. The van der Waals surface area contributed by atoms with Crippen molar-refractivity contribution >= 4 is 20.1 Å². The van der Waals surface area contributed by atoms with Gasteiger partial charge in [-0.05, 0) is 0 Å². The number of rotatable bonds is 4. The fourth-order valence-corrected chi connectivity index (χ4v) is 1.47. The molecule has 0 aromatic heterocycles. The van der Waals surface area contributed by atoms with E-state index >= 15 is 0 Å². The summed E-state index contributed by atoms with van der Waals surface area (Å²) in [7, 11) is -5.16. The first kappa shape index (κ1) is 14.1. The second kappa shape index (κ2) is 4.52. The maximum Gasteiger partial charge on any atom is -0.147 e. The smallest absolute Gasteiger partial charge is 0.147 e. The molecule has 7 heteroatoms. The maximum absolute atomic E-state index is 8.78. The molecular formula is C4H14ClO5P. The Kier molecular flexibility index (Phi) is 5.78. The van der Waals surface area contributed by atoms with Crippen LogP contribution in [0.4, 0.5) is 0 Å². The zero-order valence-electron chi connectivity index (χ0n) is 6.43. The van der Waals surface area contributed by atoms with E-state index in [9.17, 15) is 0 Å². The first-order valence-electron chi connectivity index (χ1n) is 2.96. The molecule has 0 saturated heterocycles.